The predicted molar refractivity (Wildman–Crippen MR) is 64.7 cm³/mol. The monoisotopic (exact) mass is 240 g/mol. The molecule has 0 radical (unpaired) electrons. The number of aromatic nitrogens is 2. The molecule has 18 heavy (non-hydrogen) atoms. The zero-order chi connectivity index (χ0) is 13.1. The van der Waals surface area contributed by atoms with Gasteiger partial charge in [-0.2, -0.15) is 9.78 Å². The van der Waals surface area contributed by atoms with Gasteiger partial charge in [0, 0.05) is 6.07 Å². The molecule has 1 aromatic carbocycles. The lowest BCUT2D eigenvalue weighted by Gasteiger charge is -2.06. The fourth-order valence-electron chi connectivity index (χ4n) is 1.48. The molecule has 5 nitrogen and oxygen atoms in total. The van der Waals surface area contributed by atoms with Gasteiger partial charge < -0.3 is 5.11 Å². The summed E-state index contributed by atoms with van der Waals surface area (Å²) < 4.78 is 1.00. The molecule has 88 valence electrons. The van der Waals surface area contributed by atoms with Gasteiger partial charge in [0.15, 0.2) is 5.69 Å². The molecule has 2 rings (SSSR count). The summed E-state index contributed by atoms with van der Waals surface area (Å²) in [5.74, 6) is 0.869. The van der Waals surface area contributed by atoms with Crippen LogP contribution in [0.5, 0.6) is 0 Å². The highest BCUT2D eigenvalue weighted by atomic mass is 16.4. The van der Waals surface area contributed by atoms with E-state index >= 15 is 0 Å². The van der Waals surface area contributed by atoms with E-state index in [0.717, 1.165) is 10.7 Å². The van der Waals surface area contributed by atoms with Crippen LogP contribution in [0.25, 0.3) is 5.69 Å². The first-order chi connectivity index (χ1) is 8.63. The Bertz CT molecular complexity index is 696. The van der Waals surface area contributed by atoms with Gasteiger partial charge in [0.2, 0.25) is 0 Å². The van der Waals surface area contributed by atoms with Crippen molar-refractivity contribution in [1.82, 2.24) is 9.78 Å². The zero-order valence-electron chi connectivity index (χ0n) is 9.20. The summed E-state index contributed by atoms with van der Waals surface area (Å²) in [6.07, 6.45) is 5.14. The summed E-state index contributed by atoms with van der Waals surface area (Å²) >= 11 is 0. The first-order valence-corrected chi connectivity index (χ1v) is 5.03. The average molecular weight is 240 g/mol. The Labute approximate surface area is 102 Å². The predicted octanol–water partition coefficient (Wildman–Crippen LogP) is 0.912. The van der Waals surface area contributed by atoms with Crippen LogP contribution in [0.15, 0.2) is 41.2 Å². The maximum atomic E-state index is 11.8. The van der Waals surface area contributed by atoms with Gasteiger partial charge in [0.05, 0.1) is 11.3 Å². The van der Waals surface area contributed by atoms with Crippen LogP contribution >= 0.6 is 0 Å². The molecule has 0 saturated carbocycles. The van der Waals surface area contributed by atoms with Crippen molar-refractivity contribution in [3.8, 4) is 18.0 Å². The van der Waals surface area contributed by atoms with E-state index in [1.165, 1.54) is 0 Å². The fourth-order valence-corrected chi connectivity index (χ4v) is 1.48. The molecule has 0 aliphatic heterocycles. The van der Waals surface area contributed by atoms with Crippen molar-refractivity contribution < 1.29 is 9.90 Å². The van der Waals surface area contributed by atoms with E-state index in [1.54, 1.807) is 30.3 Å². The summed E-state index contributed by atoms with van der Waals surface area (Å²) in [5.41, 5.74) is -0.339. The number of benzene rings is 1. The van der Waals surface area contributed by atoms with Gasteiger partial charge in [-0.1, -0.05) is 24.1 Å². The van der Waals surface area contributed by atoms with Gasteiger partial charge in [-0.25, -0.2) is 4.79 Å². The van der Waals surface area contributed by atoms with Crippen molar-refractivity contribution in [3.63, 3.8) is 0 Å². The highest BCUT2D eigenvalue weighted by Gasteiger charge is 2.14. The highest BCUT2D eigenvalue weighted by Crippen LogP contribution is 2.06. The quantitative estimate of drug-likeness (QED) is 0.792. The molecule has 1 N–H and O–H groups in total. The maximum Gasteiger partial charge on any atom is 0.357 e. The van der Waals surface area contributed by atoms with Crippen molar-refractivity contribution in [2.45, 2.75) is 0 Å². The molecule has 0 atom stereocenters. The second-order valence-corrected chi connectivity index (χ2v) is 3.44. The number of carbonyl (C=O) groups is 1. The summed E-state index contributed by atoms with van der Waals surface area (Å²) in [5, 5.41) is 12.8. The molecule has 0 bridgehead atoms. The topological polar surface area (TPSA) is 72.2 Å². The SMILES string of the molecule is C#Cc1cc(=O)n(-c2ccccc2)nc1C(=O)O. The second-order valence-electron chi connectivity index (χ2n) is 3.44. The molecule has 0 saturated heterocycles. The first-order valence-electron chi connectivity index (χ1n) is 5.03. The fraction of sp³-hybridized carbons (Fsp3) is 0. The van der Waals surface area contributed by atoms with Gasteiger partial charge in [-0.3, -0.25) is 4.79 Å². The van der Waals surface area contributed by atoms with E-state index in [9.17, 15) is 9.59 Å². The number of aromatic carboxylic acids is 1. The van der Waals surface area contributed by atoms with Gasteiger partial charge in [-0.15, -0.1) is 6.42 Å². The van der Waals surface area contributed by atoms with Crippen LogP contribution in [-0.4, -0.2) is 20.9 Å². The van der Waals surface area contributed by atoms with Crippen LogP contribution in [0, 0.1) is 12.3 Å². The second kappa shape index (κ2) is 4.55. The number of carboxylic acid groups (broad SMARTS) is 1. The van der Waals surface area contributed by atoms with Gasteiger partial charge in [0.1, 0.15) is 0 Å². The standard InChI is InChI=1S/C13H8N2O3/c1-2-9-8-11(16)15(14-12(9)13(17)18)10-6-4-3-5-7-10/h1,3-8H,(H,17,18). The molecule has 1 aromatic heterocycles. The van der Waals surface area contributed by atoms with Crippen LogP contribution < -0.4 is 5.56 Å². The van der Waals surface area contributed by atoms with Crippen LogP contribution in [0.4, 0.5) is 0 Å². The van der Waals surface area contributed by atoms with Gasteiger partial charge >= 0.3 is 5.97 Å². The lowest BCUT2D eigenvalue weighted by atomic mass is 10.2. The molecule has 0 amide bonds. The molecule has 0 aliphatic rings. The Morgan fingerprint density at radius 1 is 1.33 bits per heavy atom. The number of rotatable bonds is 2. The van der Waals surface area contributed by atoms with Gasteiger partial charge in [0.25, 0.3) is 5.56 Å². The third-order valence-corrected chi connectivity index (χ3v) is 2.29. The van der Waals surface area contributed by atoms with Crippen molar-refractivity contribution in [2.24, 2.45) is 0 Å². The number of terminal acetylenes is 1. The molecule has 0 unspecified atom stereocenters. The smallest absolute Gasteiger partial charge is 0.357 e. The van der Waals surface area contributed by atoms with E-state index in [1.807, 2.05) is 0 Å². The van der Waals surface area contributed by atoms with Gasteiger partial charge in [-0.05, 0) is 12.1 Å². The van der Waals surface area contributed by atoms with Crippen LogP contribution in [0.3, 0.4) is 0 Å². The number of para-hydroxylation sites is 1. The van der Waals surface area contributed by atoms with E-state index in [0.29, 0.717) is 5.69 Å². The molecule has 0 spiro atoms. The van der Waals surface area contributed by atoms with E-state index in [2.05, 4.69) is 11.0 Å². The Kier molecular flexibility index (Phi) is 2.94. The third-order valence-electron chi connectivity index (χ3n) is 2.29. The Hall–Kier alpha value is -2.87. The van der Waals surface area contributed by atoms with Crippen LogP contribution in [-0.2, 0) is 0 Å². The van der Waals surface area contributed by atoms with Crippen LogP contribution in [0.2, 0.25) is 0 Å². The summed E-state index contributed by atoms with van der Waals surface area (Å²) in [7, 11) is 0. The molecule has 0 aliphatic carbocycles. The zero-order valence-corrected chi connectivity index (χ0v) is 9.20. The molecular formula is C13H8N2O3. The Morgan fingerprint density at radius 2 is 2.00 bits per heavy atom. The van der Waals surface area contributed by atoms with E-state index in [-0.39, 0.29) is 11.3 Å². The van der Waals surface area contributed by atoms with Crippen molar-refractivity contribution in [3.05, 3.63) is 58.0 Å². The molecule has 2 aromatic rings. The summed E-state index contributed by atoms with van der Waals surface area (Å²) in [4.78, 5) is 22.8. The maximum absolute atomic E-state index is 11.8. The molecule has 0 fully saturated rings. The Balaban J connectivity index is 2.72. The number of hydrogen-bond donors (Lipinski definition) is 1. The Morgan fingerprint density at radius 3 is 2.56 bits per heavy atom. The minimum Gasteiger partial charge on any atom is -0.476 e. The van der Waals surface area contributed by atoms with Crippen molar-refractivity contribution in [1.29, 1.82) is 0 Å². The minimum absolute atomic E-state index is 0.0281. The normalized spacial score (nSPS) is 9.72. The minimum atomic E-state index is -1.27. The number of carboxylic acids is 1. The average Bonchev–Trinajstić information content (AvgIpc) is 2.39. The van der Waals surface area contributed by atoms with Crippen molar-refractivity contribution >= 4 is 5.97 Å². The molecule has 1 heterocycles. The highest BCUT2D eigenvalue weighted by molar-refractivity contribution is 5.88. The molecule has 5 heteroatoms. The van der Waals surface area contributed by atoms with E-state index < -0.39 is 11.5 Å². The van der Waals surface area contributed by atoms with E-state index in [4.69, 9.17) is 11.5 Å². The summed E-state index contributed by atoms with van der Waals surface area (Å²) in [6.45, 7) is 0. The number of hydrogen-bond acceptors (Lipinski definition) is 3. The number of nitrogens with zero attached hydrogens (tertiary/aromatic N) is 2. The lowest BCUT2D eigenvalue weighted by molar-refractivity contribution is 0.0688. The first kappa shape index (κ1) is 11.6. The summed E-state index contributed by atoms with van der Waals surface area (Å²) in [6, 6.07) is 9.61. The third kappa shape index (κ3) is 1.99. The van der Waals surface area contributed by atoms with Crippen LogP contribution in [0.1, 0.15) is 16.1 Å². The molecular weight excluding hydrogens is 232 g/mol. The largest absolute Gasteiger partial charge is 0.476 e. The van der Waals surface area contributed by atoms with Crippen molar-refractivity contribution in [2.75, 3.05) is 0 Å². The lowest BCUT2D eigenvalue weighted by Crippen LogP contribution is -2.24.